The number of allylic oxidation sites excluding steroid dienone is 3. The molecule has 6 heteroatoms. The van der Waals surface area contributed by atoms with E-state index in [0.717, 1.165) is 80.7 Å². The molecule has 0 saturated heterocycles. The topological polar surface area (TPSA) is 82.0 Å². The second kappa shape index (κ2) is 10.6. The highest BCUT2D eigenvalue weighted by molar-refractivity contribution is 5.89. The molecular formula is C39H54N2O4. The molecule has 1 aromatic carbocycles. The van der Waals surface area contributed by atoms with Crippen LogP contribution in [0, 0.1) is 45.8 Å². The second-order valence-corrected chi connectivity index (χ2v) is 17.2. The Labute approximate surface area is 269 Å². The fourth-order valence-electron chi connectivity index (χ4n) is 12.6. The minimum Gasteiger partial charge on any atom is -0.497 e. The predicted molar refractivity (Wildman–Crippen MR) is 177 cm³/mol. The van der Waals surface area contributed by atoms with Crippen molar-refractivity contribution in [2.24, 2.45) is 45.8 Å². The monoisotopic (exact) mass is 614 g/mol. The zero-order chi connectivity index (χ0) is 31.2. The fraction of sp³-hybridized carbons (Fsp3) is 0.718. The van der Waals surface area contributed by atoms with Gasteiger partial charge >= 0.3 is 6.03 Å². The van der Waals surface area contributed by atoms with E-state index in [0.29, 0.717) is 18.4 Å². The predicted octanol–water partition coefficient (Wildman–Crippen LogP) is 7.72. The summed E-state index contributed by atoms with van der Waals surface area (Å²) in [4.78, 5) is 16.3. The maximum Gasteiger partial charge on any atom is 0.321 e. The lowest BCUT2D eigenvalue weighted by atomic mass is 9.49. The van der Waals surface area contributed by atoms with Gasteiger partial charge in [-0.1, -0.05) is 37.1 Å². The normalized spacial score (nSPS) is 44.3. The van der Waals surface area contributed by atoms with Crippen LogP contribution in [0.5, 0.6) is 5.75 Å². The van der Waals surface area contributed by atoms with Gasteiger partial charge in [0.05, 0.1) is 25.4 Å². The van der Waals surface area contributed by atoms with E-state index in [1.54, 1.807) is 7.11 Å². The van der Waals surface area contributed by atoms with E-state index in [2.05, 4.69) is 31.3 Å². The number of rotatable bonds is 6. The number of nitrogens with one attached hydrogen (secondary N) is 1. The standard InChI is InChI=1S/C39H54N2O4/c1-36-13-10-30(42)19-28(36)4-9-32-33(36)11-14-37(2)34(32)12-15-39(37,44)24-41(35(43)40-29-5-7-31(45-3)8-6-29)23-38-20-25-16-26(21-38)18-27(17-25)22-38/h4-9,25-27,30,33-34,42,44H,10-24H2,1-3H3,(H,40,43)/t25?,26?,27?,30-,33-,34-,36-,37-,38?,39+/m0/s1. The van der Waals surface area contributed by atoms with Gasteiger partial charge < -0.3 is 25.2 Å². The number of anilines is 1. The van der Waals surface area contributed by atoms with E-state index in [4.69, 9.17) is 4.74 Å². The van der Waals surface area contributed by atoms with Crippen molar-refractivity contribution < 1.29 is 19.7 Å². The van der Waals surface area contributed by atoms with Crippen molar-refractivity contribution in [1.29, 1.82) is 0 Å². The summed E-state index contributed by atoms with van der Waals surface area (Å²) >= 11 is 0. The Hall–Kier alpha value is -2.31. The lowest BCUT2D eigenvalue weighted by Gasteiger charge is -2.59. The Kier molecular flexibility index (Phi) is 7.08. The number of nitrogens with zero attached hydrogens (tertiary/aromatic N) is 1. The molecule has 0 aromatic heterocycles. The van der Waals surface area contributed by atoms with E-state index in [9.17, 15) is 15.0 Å². The first kappa shape index (κ1) is 30.1. The van der Waals surface area contributed by atoms with Crippen LogP contribution in [0.4, 0.5) is 10.5 Å². The number of benzene rings is 1. The maximum absolute atomic E-state index is 14.3. The summed E-state index contributed by atoms with van der Waals surface area (Å²) in [5.74, 6) is 4.03. The van der Waals surface area contributed by atoms with Gasteiger partial charge in [0.2, 0.25) is 0 Å². The molecule has 244 valence electrons. The van der Waals surface area contributed by atoms with Crippen LogP contribution in [-0.4, -0.2) is 53.0 Å². The van der Waals surface area contributed by atoms with E-state index in [1.807, 2.05) is 29.2 Å². The van der Waals surface area contributed by atoms with Gasteiger partial charge in [-0.15, -0.1) is 0 Å². The van der Waals surface area contributed by atoms with Crippen LogP contribution in [0.25, 0.3) is 0 Å². The van der Waals surface area contributed by atoms with Gasteiger partial charge in [0.25, 0.3) is 0 Å². The zero-order valence-electron chi connectivity index (χ0n) is 27.7. The van der Waals surface area contributed by atoms with Crippen molar-refractivity contribution in [3.63, 3.8) is 0 Å². The van der Waals surface area contributed by atoms with Crippen molar-refractivity contribution in [3.8, 4) is 5.75 Å². The first-order valence-electron chi connectivity index (χ1n) is 18.0. The Balaban J connectivity index is 1.08. The largest absolute Gasteiger partial charge is 0.497 e. The summed E-state index contributed by atoms with van der Waals surface area (Å²) in [6.07, 6.45) is 18.8. The van der Waals surface area contributed by atoms with Gasteiger partial charge in [0.1, 0.15) is 5.75 Å². The van der Waals surface area contributed by atoms with Gasteiger partial charge in [-0.05, 0) is 148 Å². The first-order chi connectivity index (χ1) is 21.5. The van der Waals surface area contributed by atoms with E-state index in [-0.39, 0.29) is 28.4 Å². The number of hydrogen-bond acceptors (Lipinski definition) is 4. The molecule has 8 aliphatic rings. The molecular weight excluding hydrogens is 560 g/mol. The summed E-state index contributed by atoms with van der Waals surface area (Å²) in [5, 5.41) is 26.5. The average molecular weight is 615 g/mol. The molecule has 2 amide bonds. The summed E-state index contributed by atoms with van der Waals surface area (Å²) in [5.41, 5.74) is 2.81. The SMILES string of the molecule is COc1ccc(NC(=O)N(CC23CC4CC(CC(C4)C2)C3)C[C@]2(O)CC[C@H]3C4=CC=C5C[C@@H](O)CC[C@]5(C)[C@H]4CC[C@@]32C)cc1. The quantitative estimate of drug-likeness (QED) is 0.306. The molecule has 0 radical (unpaired) electrons. The summed E-state index contributed by atoms with van der Waals surface area (Å²) in [6.45, 7) is 5.91. The highest BCUT2D eigenvalue weighted by Crippen LogP contribution is 2.66. The first-order valence-corrected chi connectivity index (χ1v) is 18.0. The molecule has 6 atom stereocenters. The molecule has 9 rings (SSSR count). The van der Waals surface area contributed by atoms with Gasteiger partial charge in [-0.25, -0.2) is 4.79 Å². The number of hydrogen-bond donors (Lipinski definition) is 3. The summed E-state index contributed by atoms with van der Waals surface area (Å²) < 4.78 is 5.35. The average Bonchev–Trinajstić information content (AvgIpc) is 3.26. The van der Waals surface area contributed by atoms with Crippen LogP contribution >= 0.6 is 0 Å². The molecule has 4 bridgehead atoms. The summed E-state index contributed by atoms with van der Waals surface area (Å²) in [6, 6.07) is 7.51. The van der Waals surface area contributed by atoms with E-state index < -0.39 is 5.60 Å². The third-order valence-electron chi connectivity index (χ3n) is 14.6. The van der Waals surface area contributed by atoms with Gasteiger partial charge in [0.15, 0.2) is 0 Å². The lowest BCUT2D eigenvalue weighted by Crippen LogP contribution is -2.59. The molecule has 0 aliphatic heterocycles. The Morgan fingerprint density at radius 2 is 1.58 bits per heavy atom. The van der Waals surface area contributed by atoms with Crippen molar-refractivity contribution in [2.45, 2.75) is 109 Å². The minimum atomic E-state index is -0.934. The smallest absolute Gasteiger partial charge is 0.321 e. The third kappa shape index (κ3) is 4.82. The van der Waals surface area contributed by atoms with Crippen LogP contribution in [0.3, 0.4) is 0 Å². The Morgan fingerprint density at radius 3 is 2.24 bits per heavy atom. The number of amides is 2. The van der Waals surface area contributed by atoms with Crippen molar-refractivity contribution in [2.75, 3.05) is 25.5 Å². The fourth-order valence-corrected chi connectivity index (χ4v) is 12.6. The molecule has 8 aliphatic carbocycles. The maximum atomic E-state index is 14.3. The molecule has 0 heterocycles. The Morgan fingerprint density at radius 1 is 0.911 bits per heavy atom. The van der Waals surface area contributed by atoms with Gasteiger partial charge in [-0.3, -0.25) is 0 Å². The summed E-state index contributed by atoms with van der Waals surface area (Å²) in [7, 11) is 1.66. The number of urea groups is 1. The molecule has 45 heavy (non-hydrogen) atoms. The van der Waals surface area contributed by atoms with Gasteiger partial charge in [0, 0.05) is 17.6 Å². The molecule has 0 spiro atoms. The molecule has 7 saturated carbocycles. The van der Waals surface area contributed by atoms with Crippen LogP contribution in [0.1, 0.15) is 97.3 Å². The Bertz CT molecular complexity index is 1360. The number of ether oxygens (including phenoxy) is 1. The van der Waals surface area contributed by atoms with E-state index >= 15 is 0 Å². The van der Waals surface area contributed by atoms with Crippen LogP contribution in [0.2, 0.25) is 0 Å². The minimum absolute atomic E-state index is 0.0807. The number of aliphatic hydroxyl groups excluding tert-OH is 1. The van der Waals surface area contributed by atoms with Crippen molar-refractivity contribution >= 4 is 11.7 Å². The highest BCUT2D eigenvalue weighted by atomic mass is 16.5. The van der Waals surface area contributed by atoms with Crippen LogP contribution < -0.4 is 10.1 Å². The number of fused-ring (bicyclic) bond motifs is 5. The second-order valence-electron chi connectivity index (χ2n) is 17.2. The number of carbonyl (C=O) groups is 1. The van der Waals surface area contributed by atoms with Crippen molar-refractivity contribution in [3.05, 3.63) is 47.6 Å². The molecule has 7 fully saturated rings. The van der Waals surface area contributed by atoms with Gasteiger partial charge in [-0.2, -0.15) is 0 Å². The van der Waals surface area contributed by atoms with E-state index in [1.165, 1.54) is 49.7 Å². The third-order valence-corrected chi connectivity index (χ3v) is 14.6. The van der Waals surface area contributed by atoms with Crippen molar-refractivity contribution in [1.82, 2.24) is 4.90 Å². The number of methoxy groups -OCH3 is 1. The molecule has 3 N–H and O–H groups in total. The van der Waals surface area contributed by atoms with Crippen LogP contribution in [0.15, 0.2) is 47.6 Å². The highest BCUT2D eigenvalue weighted by Gasteiger charge is 2.63. The number of carbonyl (C=O) groups excluding carboxylic acids is 1. The number of aliphatic hydroxyl groups is 2. The van der Waals surface area contributed by atoms with Crippen LogP contribution in [-0.2, 0) is 0 Å². The zero-order valence-corrected chi connectivity index (χ0v) is 27.7. The molecule has 1 aromatic rings. The lowest BCUT2D eigenvalue weighted by molar-refractivity contribution is -0.109. The molecule has 0 unspecified atom stereocenters. The molecule has 6 nitrogen and oxygen atoms in total.